The van der Waals surface area contributed by atoms with Gasteiger partial charge < -0.3 is 10.0 Å². The summed E-state index contributed by atoms with van der Waals surface area (Å²) in [7, 11) is -1.36. The van der Waals surface area contributed by atoms with Crippen LogP contribution in [-0.4, -0.2) is 28.1 Å². The molecule has 3 nitrogen and oxygen atoms in total. The highest BCUT2D eigenvalue weighted by Gasteiger charge is 2.23. The van der Waals surface area contributed by atoms with Crippen LogP contribution in [0.5, 0.6) is 0 Å². The minimum Gasteiger partial charge on any atom is -0.423 e. The Hall–Kier alpha value is -0.835. The Morgan fingerprint density at radius 2 is 2.00 bits per heavy atom. The Kier molecular flexibility index (Phi) is 3.33. The largest absolute Gasteiger partial charge is 0.488 e. The third kappa shape index (κ3) is 2.14. The normalized spacial score (nSPS) is 17.2. The first-order valence-electron chi connectivity index (χ1n) is 5.83. The molecule has 1 aliphatic rings. The van der Waals surface area contributed by atoms with Crippen molar-refractivity contribution in [3.05, 3.63) is 29.3 Å². The lowest BCUT2D eigenvalue weighted by molar-refractivity contribution is 0.208. The number of fused-ring (bicyclic) bond motifs is 1. The topological polar surface area (TPSA) is 43.7 Å². The molecule has 2 rings (SSSR count). The molecule has 0 radical (unpaired) electrons. The summed E-state index contributed by atoms with van der Waals surface area (Å²) in [4.78, 5) is 2.41. The van der Waals surface area contributed by atoms with Gasteiger partial charge in [-0.2, -0.15) is 0 Å². The monoisotopic (exact) mass is 219 g/mol. The second-order valence-electron chi connectivity index (χ2n) is 4.56. The van der Waals surface area contributed by atoms with Crippen molar-refractivity contribution in [2.24, 2.45) is 0 Å². The molecule has 2 N–H and O–H groups in total. The molecule has 16 heavy (non-hydrogen) atoms. The summed E-state index contributed by atoms with van der Waals surface area (Å²) in [5.41, 5.74) is 3.13. The Morgan fingerprint density at radius 1 is 1.31 bits per heavy atom. The van der Waals surface area contributed by atoms with Crippen LogP contribution < -0.4 is 5.46 Å². The van der Waals surface area contributed by atoms with Crippen LogP contribution in [0.1, 0.15) is 31.4 Å². The van der Waals surface area contributed by atoms with E-state index in [1.165, 1.54) is 11.1 Å². The van der Waals surface area contributed by atoms with Crippen LogP contribution >= 0.6 is 0 Å². The molecule has 0 spiro atoms. The van der Waals surface area contributed by atoms with Crippen LogP contribution in [-0.2, 0) is 13.1 Å². The van der Waals surface area contributed by atoms with E-state index < -0.39 is 7.12 Å². The van der Waals surface area contributed by atoms with Crippen LogP contribution in [0.25, 0.3) is 0 Å². The van der Waals surface area contributed by atoms with Crippen molar-refractivity contribution in [2.75, 3.05) is 0 Å². The molecule has 4 heteroatoms. The smallest absolute Gasteiger partial charge is 0.423 e. The summed E-state index contributed by atoms with van der Waals surface area (Å²) in [6.45, 7) is 6.32. The highest BCUT2D eigenvalue weighted by Crippen LogP contribution is 2.24. The van der Waals surface area contributed by atoms with Crippen molar-refractivity contribution < 1.29 is 10.0 Å². The van der Waals surface area contributed by atoms with Gasteiger partial charge in [-0.1, -0.05) is 25.1 Å². The van der Waals surface area contributed by atoms with Gasteiger partial charge in [0.25, 0.3) is 0 Å². The van der Waals surface area contributed by atoms with Gasteiger partial charge in [0.15, 0.2) is 0 Å². The van der Waals surface area contributed by atoms with E-state index in [0.717, 1.165) is 19.5 Å². The molecule has 1 atom stereocenters. The summed E-state index contributed by atoms with van der Waals surface area (Å²) in [6.07, 6.45) is 1.14. The van der Waals surface area contributed by atoms with Gasteiger partial charge in [-0.3, -0.25) is 4.90 Å². The van der Waals surface area contributed by atoms with E-state index in [1.54, 1.807) is 6.07 Å². The number of hydrogen-bond donors (Lipinski definition) is 2. The third-order valence-electron chi connectivity index (χ3n) is 3.49. The Labute approximate surface area is 96.9 Å². The SMILES string of the molecule is CCC(C)N1Cc2ccc(B(O)O)cc2C1. The van der Waals surface area contributed by atoms with Crippen molar-refractivity contribution >= 4 is 12.6 Å². The maximum absolute atomic E-state index is 9.12. The minimum atomic E-state index is -1.36. The standard InChI is InChI=1S/C12H18BNO2/c1-3-9(2)14-7-10-4-5-12(13(15)16)6-11(10)8-14/h4-6,9,15-16H,3,7-8H2,1-2H3. The maximum atomic E-state index is 9.12. The second-order valence-corrected chi connectivity index (χ2v) is 4.56. The summed E-state index contributed by atoms with van der Waals surface area (Å²) in [5, 5.41) is 18.2. The molecule has 1 heterocycles. The average Bonchev–Trinajstić information content (AvgIpc) is 2.70. The molecule has 0 bridgehead atoms. The molecular weight excluding hydrogens is 201 g/mol. The molecule has 1 aromatic rings. The van der Waals surface area contributed by atoms with Crippen molar-refractivity contribution in [3.8, 4) is 0 Å². The van der Waals surface area contributed by atoms with Crippen molar-refractivity contribution in [3.63, 3.8) is 0 Å². The fourth-order valence-electron chi connectivity index (χ4n) is 2.17. The van der Waals surface area contributed by atoms with E-state index in [0.29, 0.717) is 11.5 Å². The molecule has 0 aliphatic carbocycles. The lowest BCUT2D eigenvalue weighted by Crippen LogP contribution is -2.30. The van der Waals surface area contributed by atoms with Gasteiger partial charge in [0.2, 0.25) is 0 Å². The van der Waals surface area contributed by atoms with E-state index in [9.17, 15) is 0 Å². The van der Waals surface area contributed by atoms with Crippen molar-refractivity contribution in [1.82, 2.24) is 4.90 Å². The molecule has 0 saturated carbocycles. The summed E-state index contributed by atoms with van der Waals surface area (Å²) < 4.78 is 0. The first-order valence-corrected chi connectivity index (χ1v) is 5.83. The van der Waals surface area contributed by atoms with Gasteiger partial charge in [0.1, 0.15) is 0 Å². The second kappa shape index (κ2) is 4.57. The first-order chi connectivity index (χ1) is 7.61. The molecule has 0 aromatic heterocycles. The highest BCUT2D eigenvalue weighted by atomic mass is 16.4. The zero-order chi connectivity index (χ0) is 11.7. The maximum Gasteiger partial charge on any atom is 0.488 e. The van der Waals surface area contributed by atoms with Gasteiger partial charge >= 0.3 is 7.12 Å². The van der Waals surface area contributed by atoms with Gasteiger partial charge in [-0.25, -0.2) is 0 Å². The molecule has 0 amide bonds. The number of rotatable bonds is 3. The lowest BCUT2D eigenvalue weighted by Gasteiger charge is -2.21. The van der Waals surface area contributed by atoms with E-state index in [2.05, 4.69) is 18.7 Å². The predicted octanol–water partition coefficient (Wildman–Crippen LogP) is 0.481. The summed E-state index contributed by atoms with van der Waals surface area (Å²) in [6, 6.07) is 6.29. The highest BCUT2D eigenvalue weighted by molar-refractivity contribution is 6.58. The lowest BCUT2D eigenvalue weighted by atomic mass is 9.79. The van der Waals surface area contributed by atoms with Crippen LogP contribution in [0.3, 0.4) is 0 Å². The van der Waals surface area contributed by atoms with Crippen LogP contribution in [0.15, 0.2) is 18.2 Å². The number of hydrogen-bond acceptors (Lipinski definition) is 3. The molecule has 86 valence electrons. The van der Waals surface area contributed by atoms with E-state index in [1.807, 2.05) is 12.1 Å². The molecule has 0 saturated heterocycles. The van der Waals surface area contributed by atoms with Gasteiger partial charge in [-0.15, -0.1) is 0 Å². The van der Waals surface area contributed by atoms with E-state index >= 15 is 0 Å². The zero-order valence-electron chi connectivity index (χ0n) is 9.85. The van der Waals surface area contributed by atoms with Crippen molar-refractivity contribution in [1.29, 1.82) is 0 Å². The fraction of sp³-hybridized carbons (Fsp3) is 0.500. The van der Waals surface area contributed by atoms with Crippen LogP contribution in [0, 0.1) is 0 Å². The quantitative estimate of drug-likeness (QED) is 0.726. The fourth-order valence-corrected chi connectivity index (χ4v) is 2.17. The van der Waals surface area contributed by atoms with E-state index in [4.69, 9.17) is 10.0 Å². The van der Waals surface area contributed by atoms with Gasteiger partial charge in [0, 0.05) is 19.1 Å². The number of benzene rings is 1. The molecule has 1 aliphatic heterocycles. The molecule has 0 fully saturated rings. The zero-order valence-corrected chi connectivity index (χ0v) is 9.85. The summed E-state index contributed by atoms with van der Waals surface area (Å²) >= 11 is 0. The first kappa shape index (κ1) is 11.6. The van der Waals surface area contributed by atoms with Crippen LogP contribution in [0.2, 0.25) is 0 Å². The Balaban J connectivity index is 2.18. The molecule has 1 aromatic carbocycles. The molecular formula is C12H18BNO2. The van der Waals surface area contributed by atoms with E-state index in [-0.39, 0.29) is 0 Å². The minimum absolute atomic E-state index is 0.579. The summed E-state index contributed by atoms with van der Waals surface area (Å²) in [5.74, 6) is 0. The average molecular weight is 219 g/mol. The Morgan fingerprint density at radius 3 is 2.62 bits per heavy atom. The number of nitrogens with zero attached hydrogens (tertiary/aromatic N) is 1. The van der Waals surface area contributed by atoms with Crippen LogP contribution in [0.4, 0.5) is 0 Å². The van der Waals surface area contributed by atoms with Crippen molar-refractivity contribution in [2.45, 2.75) is 39.4 Å². The Bertz CT molecular complexity index is 381. The predicted molar refractivity (Wildman–Crippen MR) is 65.3 cm³/mol. The van der Waals surface area contributed by atoms with Gasteiger partial charge in [-0.05, 0) is 29.9 Å². The van der Waals surface area contributed by atoms with Gasteiger partial charge in [0.05, 0.1) is 0 Å². The molecule has 1 unspecified atom stereocenters. The third-order valence-corrected chi connectivity index (χ3v) is 3.49.